The predicted molar refractivity (Wildman–Crippen MR) is 129 cm³/mol. The van der Waals surface area contributed by atoms with Gasteiger partial charge in [0.1, 0.15) is 6.10 Å². The van der Waals surface area contributed by atoms with Gasteiger partial charge >= 0.3 is 35.8 Å². The van der Waals surface area contributed by atoms with Crippen LogP contribution in [0.2, 0.25) is 0 Å². The predicted octanol–water partition coefficient (Wildman–Crippen LogP) is -0.291. The van der Waals surface area contributed by atoms with Gasteiger partial charge in [0.05, 0.1) is 12.7 Å². The first kappa shape index (κ1) is 33.9. The number of hydrogen-bond acceptors (Lipinski definition) is 16. The van der Waals surface area contributed by atoms with E-state index in [9.17, 15) is 28.8 Å². The molecule has 2 aliphatic rings. The Morgan fingerprint density at radius 2 is 1.02 bits per heavy atom. The highest BCUT2D eigenvalue weighted by molar-refractivity contribution is 5.69. The van der Waals surface area contributed by atoms with Crippen LogP contribution >= 0.6 is 0 Å². The van der Waals surface area contributed by atoms with Gasteiger partial charge in [0, 0.05) is 48.7 Å². The Balaban J connectivity index is 2.40. The molecule has 2 aliphatic heterocycles. The lowest BCUT2D eigenvalue weighted by molar-refractivity contribution is -0.306. The topological polar surface area (TPSA) is 195 Å². The highest BCUT2D eigenvalue weighted by atomic mass is 16.8. The van der Waals surface area contributed by atoms with Crippen molar-refractivity contribution in [2.75, 3.05) is 13.7 Å². The number of rotatable bonds is 11. The molecule has 41 heavy (non-hydrogen) atoms. The van der Waals surface area contributed by atoms with E-state index in [0.29, 0.717) is 0 Å². The Bertz CT molecular complexity index is 981. The molecule has 0 aromatic carbocycles. The molecule has 16 heteroatoms. The lowest BCUT2D eigenvalue weighted by Crippen LogP contribution is -2.61. The average molecular weight is 593 g/mol. The molecule has 0 bridgehead atoms. The molecular formula is C25H36O16. The minimum atomic E-state index is -1.43. The number of esters is 6. The summed E-state index contributed by atoms with van der Waals surface area (Å²) in [5.74, 6) is -4.50. The maximum Gasteiger partial charge on any atom is 0.303 e. The molecule has 0 saturated carbocycles. The Morgan fingerprint density at radius 1 is 0.585 bits per heavy atom. The second kappa shape index (κ2) is 15.0. The number of carbonyl (C=O) groups is 6. The van der Waals surface area contributed by atoms with Crippen molar-refractivity contribution in [1.29, 1.82) is 0 Å². The zero-order valence-corrected chi connectivity index (χ0v) is 24.0. The van der Waals surface area contributed by atoms with E-state index in [-0.39, 0.29) is 0 Å². The van der Waals surface area contributed by atoms with Crippen molar-refractivity contribution in [3.63, 3.8) is 0 Å². The van der Waals surface area contributed by atoms with E-state index in [1.54, 1.807) is 0 Å². The summed E-state index contributed by atoms with van der Waals surface area (Å²) in [6.45, 7) is 7.72. The van der Waals surface area contributed by atoms with Gasteiger partial charge in [-0.1, -0.05) is 0 Å². The quantitative estimate of drug-likeness (QED) is 0.224. The fraction of sp³-hybridized carbons (Fsp3) is 0.760. The van der Waals surface area contributed by atoms with Gasteiger partial charge in [0.2, 0.25) is 0 Å². The van der Waals surface area contributed by atoms with Crippen LogP contribution in [0.25, 0.3) is 0 Å². The SMILES string of the molecule is CO[C@@H]1O[C@@H](C(CO[C@@H]2OC(C)[C@H](OC(C)=O)C(OC(C)=O)C2OC(C)=O)OC(C)=O)C(OC(C)=O)C1OC(C)=O. The van der Waals surface area contributed by atoms with E-state index in [1.165, 1.54) is 14.0 Å². The standard InChI is InChI=1S/C25H36O16/c1-10-18(36-12(3)27)20(37-13(4)28)23(40-16(7)31)25(34-10)33-9-17(35-11(2)26)19-21(38-14(5)29)22(39-15(6)30)24(32-8)41-19/h10,17-25H,9H2,1-8H3/t10?,17?,18-,19-,20?,21?,22?,23?,24+,25+/m0/s1. The van der Waals surface area contributed by atoms with Crippen LogP contribution in [0.4, 0.5) is 0 Å². The molecule has 6 unspecified atom stereocenters. The van der Waals surface area contributed by atoms with Crippen LogP contribution in [0.15, 0.2) is 0 Å². The van der Waals surface area contributed by atoms with Crippen molar-refractivity contribution in [3.05, 3.63) is 0 Å². The normalized spacial score (nSPS) is 31.8. The van der Waals surface area contributed by atoms with Crippen LogP contribution in [0, 0.1) is 0 Å². The zero-order valence-electron chi connectivity index (χ0n) is 24.0. The van der Waals surface area contributed by atoms with E-state index in [4.69, 9.17) is 47.4 Å². The molecule has 0 amide bonds. The molecule has 2 heterocycles. The smallest absolute Gasteiger partial charge is 0.303 e. The summed E-state index contributed by atoms with van der Waals surface area (Å²) >= 11 is 0. The third-order valence-corrected chi connectivity index (χ3v) is 5.79. The molecule has 232 valence electrons. The molecular weight excluding hydrogens is 556 g/mol. The van der Waals surface area contributed by atoms with Gasteiger partial charge in [-0.15, -0.1) is 0 Å². The van der Waals surface area contributed by atoms with Crippen molar-refractivity contribution >= 4 is 35.8 Å². The molecule has 0 aromatic rings. The summed E-state index contributed by atoms with van der Waals surface area (Å²) in [7, 11) is 1.27. The molecule has 0 radical (unpaired) electrons. The highest BCUT2D eigenvalue weighted by Gasteiger charge is 2.55. The van der Waals surface area contributed by atoms with Crippen molar-refractivity contribution in [2.24, 2.45) is 0 Å². The minimum absolute atomic E-state index is 0.509. The summed E-state index contributed by atoms with van der Waals surface area (Å²) in [4.78, 5) is 71.2. The van der Waals surface area contributed by atoms with Gasteiger partial charge in [-0.3, -0.25) is 28.8 Å². The van der Waals surface area contributed by atoms with Gasteiger partial charge < -0.3 is 47.4 Å². The van der Waals surface area contributed by atoms with Gasteiger partial charge in [-0.2, -0.15) is 0 Å². The molecule has 2 saturated heterocycles. The number of carbonyl (C=O) groups excluding carboxylic acids is 6. The molecule has 16 nitrogen and oxygen atoms in total. The largest absolute Gasteiger partial charge is 0.457 e. The van der Waals surface area contributed by atoms with Crippen LogP contribution in [0.5, 0.6) is 0 Å². The van der Waals surface area contributed by atoms with E-state index in [2.05, 4.69) is 0 Å². The molecule has 0 aromatic heterocycles. The second-order valence-corrected chi connectivity index (χ2v) is 9.27. The van der Waals surface area contributed by atoms with Crippen molar-refractivity contribution in [1.82, 2.24) is 0 Å². The van der Waals surface area contributed by atoms with Gasteiger partial charge in [0.15, 0.2) is 49.2 Å². The third kappa shape index (κ3) is 9.62. The van der Waals surface area contributed by atoms with Gasteiger partial charge in [0.25, 0.3) is 0 Å². The first-order valence-corrected chi connectivity index (χ1v) is 12.6. The van der Waals surface area contributed by atoms with Gasteiger partial charge in [-0.25, -0.2) is 0 Å². The van der Waals surface area contributed by atoms with Crippen molar-refractivity contribution in [3.8, 4) is 0 Å². The minimum Gasteiger partial charge on any atom is -0.457 e. The lowest BCUT2D eigenvalue weighted by Gasteiger charge is -2.43. The summed E-state index contributed by atoms with van der Waals surface area (Å²) in [6, 6.07) is 0. The zero-order chi connectivity index (χ0) is 31.0. The van der Waals surface area contributed by atoms with E-state index < -0.39 is 104 Å². The van der Waals surface area contributed by atoms with Crippen LogP contribution in [0.1, 0.15) is 48.5 Å². The molecule has 10 atom stereocenters. The molecule has 2 fully saturated rings. The molecule has 2 rings (SSSR count). The fourth-order valence-corrected chi connectivity index (χ4v) is 4.48. The molecule has 0 N–H and O–H groups in total. The summed E-state index contributed by atoms with van der Waals surface area (Å²) < 4.78 is 54.7. The number of methoxy groups -OCH3 is 1. The van der Waals surface area contributed by atoms with Crippen LogP contribution in [-0.4, -0.2) is 111 Å². The molecule has 0 spiro atoms. The van der Waals surface area contributed by atoms with Crippen molar-refractivity contribution in [2.45, 2.75) is 110 Å². The Kier molecular flexibility index (Phi) is 12.4. The van der Waals surface area contributed by atoms with Gasteiger partial charge in [-0.05, 0) is 6.92 Å². The first-order valence-electron chi connectivity index (χ1n) is 12.6. The van der Waals surface area contributed by atoms with Crippen LogP contribution < -0.4 is 0 Å². The molecule has 0 aliphatic carbocycles. The maximum absolute atomic E-state index is 12.0. The summed E-state index contributed by atoms with van der Waals surface area (Å²) in [6.07, 6.45) is -12.6. The maximum atomic E-state index is 12.0. The Morgan fingerprint density at radius 3 is 1.49 bits per heavy atom. The Hall–Kier alpha value is -3.34. The van der Waals surface area contributed by atoms with E-state index in [1.807, 2.05) is 0 Å². The van der Waals surface area contributed by atoms with E-state index >= 15 is 0 Å². The van der Waals surface area contributed by atoms with Crippen LogP contribution in [0.3, 0.4) is 0 Å². The second-order valence-electron chi connectivity index (χ2n) is 9.27. The van der Waals surface area contributed by atoms with Crippen molar-refractivity contribution < 1.29 is 76.1 Å². The summed E-state index contributed by atoms with van der Waals surface area (Å²) in [5, 5.41) is 0. The summed E-state index contributed by atoms with van der Waals surface area (Å²) in [5.41, 5.74) is 0. The first-order chi connectivity index (χ1) is 19.1. The van der Waals surface area contributed by atoms with E-state index in [0.717, 1.165) is 41.5 Å². The Labute approximate surface area is 236 Å². The number of ether oxygens (including phenoxy) is 10. The monoisotopic (exact) mass is 592 g/mol. The van der Waals surface area contributed by atoms with Crippen LogP contribution in [-0.2, 0) is 76.1 Å². The average Bonchev–Trinajstić information content (AvgIpc) is 3.15. The number of hydrogen-bond donors (Lipinski definition) is 0. The third-order valence-electron chi connectivity index (χ3n) is 5.79. The fourth-order valence-electron chi connectivity index (χ4n) is 4.48. The lowest BCUT2D eigenvalue weighted by atomic mass is 9.98. The highest BCUT2D eigenvalue weighted by Crippen LogP contribution is 2.33.